The van der Waals surface area contributed by atoms with E-state index in [1.54, 1.807) is 12.1 Å². The largest absolute Gasteiger partial charge is 0.348 e. The van der Waals surface area contributed by atoms with Gasteiger partial charge in [-0.3, -0.25) is 9.59 Å². The number of anilines is 1. The van der Waals surface area contributed by atoms with Crippen LogP contribution < -0.4 is 10.6 Å². The van der Waals surface area contributed by atoms with Gasteiger partial charge in [0.15, 0.2) is 0 Å². The summed E-state index contributed by atoms with van der Waals surface area (Å²) in [7, 11) is -3.92. The van der Waals surface area contributed by atoms with Crippen LogP contribution >= 0.6 is 11.6 Å². The van der Waals surface area contributed by atoms with Crippen LogP contribution in [0, 0.1) is 0 Å². The molecule has 1 aliphatic heterocycles. The van der Waals surface area contributed by atoms with Crippen LogP contribution in [0.15, 0.2) is 64.6 Å². The maximum atomic E-state index is 13.0. The summed E-state index contributed by atoms with van der Waals surface area (Å²) in [5.41, 5.74) is 0.940. The molecule has 29 heavy (non-hydrogen) atoms. The van der Waals surface area contributed by atoms with E-state index >= 15 is 0 Å². The van der Waals surface area contributed by atoms with Crippen molar-refractivity contribution in [2.75, 3.05) is 5.32 Å². The Morgan fingerprint density at radius 1 is 1.07 bits per heavy atom. The third-order valence-corrected chi connectivity index (χ3v) is 6.39. The average Bonchev–Trinajstić information content (AvgIpc) is 2.80. The van der Waals surface area contributed by atoms with Crippen molar-refractivity contribution in [3.05, 3.63) is 76.8 Å². The smallest absolute Gasteiger partial charge is 0.257 e. The number of hydrogen-bond acceptors (Lipinski definition) is 6. The third kappa shape index (κ3) is 3.57. The Hall–Kier alpha value is -3.30. The molecule has 0 radical (unpaired) electrons. The monoisotopic (exact) mass is 428 g/mol. The molecule has 3 aromatic rings. The minimum absolute atomic E-state index is 0.0497. The fourth-order valence-electron chi connectivity index (χ4n) is 2.91. The lowest BCUT2D eigenvalue weighted by Gasteiger charge is -2.10. The van der Waals surface area contributed by atoms with E-state index in [1.165, 1.54) is 42.7 Å². The molecule has 0 spiro atoms. The molecule has 146 valence electrons. The number of hydrogen-bond donors (Lipinski definition) is 2. The van der Waals surface area contributed by atoms with Gasteiger partial charge in [0.2, 0.25) is 15.1 Å². The van der Waals surface area contributed by atoms with Gasteiger partial charge in [0.1, 0.15) is 0 Å². The average molecular weight is 429 g/mol. The van der Waals surface area contributed by atoms with Gasteiger partial charge >= 0.3 is 0 Å². The van der Waals surface area contributed by atoms with Crippen molar-refractivity contribution in [1.82, 2.24) is 15.3 Å². The molecule has 2 amide bonds. The summed E-state index contributed by atoms with van der Waals surface area (Å²) in [5.74, 6) is -1.00. The molecular weight excluding hydrogens is 416 g/mol. The standard InChI is InChI=1S/C19H13ClN4O4S/c20-19-22-9-11(10-23-19)8-21-17(25)12-5-6-16-14(7-12)24-18(26)13-3-1-2-4-15(13)29(16,27)28/h1-7,9-10H,8H2,(H,21,25)(H,24,26). The van der Waals surface area contributed by atoms with Crippen molar-refractivity contribution in [2.45, 2.75) is 16.3 Å². The molecule has 0 bridgehead atoms. The highest BCUT2D eigenvalue weighted by atomic mass is 35.5. The van der Waals surface area contributed by atoms with Gasteiger partial charge in [-0.1, -0.05) is 12.1 Å². The summed E-state index contributed by atoms with van der Waals surface area (Å²) in [5, 5.41) is 5.36. The molecule has 0 aliphatic carbocycles. The highest BCUT2D eigenvalue weighted by molar-refractivity contribution is 7.91. The SMILES string of the molecule is O=C(NCc1cnc(Cl)nc1)c1ccc2c(c1)NC(=O)c1ccccc1S2(=O)=O. The number of carbonyl (C=O) groups is 2. The van der Waals surface area contributed by atoms with Gasteiger partial charge < -0.3 is 10.6 Å². The molecule has 2 aromatic carbocycles. The van der Waals surface area contributed by atoms with Crippen LogP contribution in [0.5, 0.6) is 0 Å². The normalized spacial score (nSPS) is 14.2. The first-order chi connectivity index (χ1) is 13.9. The molecule has 1 aromatic heterocycles. The zero-order valence-corrected chi connectivity index (χ0v) is 16.3. The Morgan fingerprint density at radius 2 is 1.79 bits per heavy atom. The number of carbonyl (C=O) groups excluding carboxylic acids is 2. The number of sulfone groups is 1. The van der Waals surface area contributed by atoms with Gasteiger partial charge in [0.25, 0.3) is 11.8 Å². The number of halogens is 1. The van der Waals surface area contributed by atoms with Crippen LogP contribution in [-0.4, -0.2) is 30.2 Å². The third-order valence-electron chi connectivity index (χ3n) is 4.33. The van der Waals surface area contributed by atoms with Gasteiger partial charge in [-0.25, -0.2) is 18.4 Å². The fourth-order valence-corrected chi connectivity index (χ4v) is 4.60. The van der Waals surface area contributed by atoms with Crippen LogP contribution in [0.25, 0.3) is 0 Å². The van der Waals surface area contributed by atoms with Crippen molar-refractivity contribution in [3.8, 4) is 0 Å². The maximum absolute atomic E-state index is 13.0. The van der Waals surface area contributed by atoms with Crippen LogP contribution in [0.1, 0.15) is 26.3 Å². The van der Waals surface area contributed by atoms with Crippen molar-refractivity contribution in [1.29, 1.82) is 0 Å². The minimum Gasteiger partial charge on any atom is -0.348 e. The van der Waals surface area contributed by atoms with E-state index in [4.69, 9.17) is 11.6 Å². The second-order valence-electron chi connectivity index (χ2n) is 6.21. The van der Waals surface area contributed by atoms with Crippen LogP contribution in [0.3, 0.4) is 0 Å². The van der Waals surface area contributed by atoms with Gasteiger partial charge in [0.05, 0.1) is 21.0 Å². The first-order valence-corrected chi connectivity index (χ1v) is 10.3. The van der Waals surface area contributed by atoms with E-state index in [-0.39, 0.29) is 38.4 Å². The first-order valence-electron chi connectivity index (χ1n) is 8.40. The zero-order valence-electron chi connectivity index (χ0n) is 14.7. The molecule has 8 nitrogen and oxygen atoms in total. The van der Waals surface area contributed by atoms with Crippen molar-refractivity contribution >= 4 is 38.9 Å². The summed E-state index contributed by atoms with van der Waals surface area (Å²) < 4.78 is 25.9. The summed E-state index contributed by atoms with van der Waals surface area (Å²) in [6.07, 6.45) is 2.97. The molecule has 0 fully saturated rings. The topological polar surface area (TPSA) is 118 Å². The molecule has 4 rings (SSSR count). The molecule has 10 heteroatoms. The lowest BCUT2D eigenvalue weighted by molar-refractivity contribution is 0.0949. The lowest BCUT2D eigenvalue weighted by atomic mass is 10.1. The van der Waals surface area contributed by atoms with Gasteiger partial charge in [-0.15, -0.1) is 0 Å². The zero-order chi connectivity index (χ0) is 20.6. The number of amides is 2. The number of benzene rings is 2. The molecule has 2 heterocycles. The highest BCUT2D eigenvalue weighted by Gasteiger charge is 2.31. The van der Waals surface area contributed by atoms with E-state index in [2.05, 4.69) is 20.6 Å². The first kappa shape index (κ1) is 19.0. The van der Waals surface area contributed by atoms with Crippen LogP contribution in [0.2, 0.25) is 5.28 Å². The Bertz CT molecular complexity index is 1240. The van der Waals surface area contributed by atoms with Gasteiger partial charge in [-0.05, 0) is 41.9 Å². The van der Waals surface area contributed by atoms with Crippen LogP contribution in [0.4, 0.5) is 5.69 Å². The molecule has 0 atom stereocenters. The second-order valence-corrected chi connectivity index (χ2v) is 8.43. The van der Waals surface area contributed by atoms with Gasteiger partial charge in [-0.2, -0.15) is 0 Å². The lowest BCUT2D eigenvalue weighted by Crippen LogP contribution is -2.23. The van der Waals surface area contributed by atoms with Crippen LogP contribution in [-0.2, 0) is 16.4 Å². The number of nitrogens with zero attached hydrogens (tertiary/aromatic N) is 2. The maximum Gasteiger partial charge on any atom is 0.257 e. The molecule has 1 aliphatic rings. The number of rotatable bonds is 3. The summed E-state index contributed by atoms with van der Waals surface area (Å²) >= 11 is 5.63. The Balaban J connectivity index is 1.64. The van der Waals surface area contributed by atoms with E-state index < -0.39 is 21.7 Å². The highest BCUT2D eigenvalue weighted by Crippen LogP contribution is 2.34. The predicted molar refractivity (Wildman–Crippen MR) is 105 cm³/mol. The fraction of sp³-hybridized carbons (Fsp3) is 0.0526. The second kappa shape index (κ2) is 7.26. The summed E-state index contributed by atoms with van der Waals surface area (Å²) in [6.45, 7) is 0.156. The Labute approximate surface area is 170 Å². The Morgan fingerprint density at radius 3 is 2.55 bits per heavy atom. The Kier molecular flexibility index (Phi) is 4.77. The molecule has 0 unspecified atom stereocenters. The molecule has 0 saturated carbocycles. The number of nitrogens with one attached hydrogen (secondary N) is 2. The van der Waals surface area contributed by atoms with Crippen molar-refractivity contribution in [2.24, 2.45) is 0 Å². The van der Waals surface area contributed by atoms with Crippen molar-refractivity contribution in [3.63, 3.8) is 0 Å². The predicted octanol–water partition coefficient (Wildman–Crippen LogP) is 2.46. The van der Waals surface area contributed by atoms with E-state index in [0.717, 1.165) is 0 Å². The number of aromatic nitrogens is 2. The molecule has 2 N–H and O–H groups in total. The summed E-state index contributed by atoms with van der Waals surface area (Å²) in [4.78, 5) is 32.5. The van der Waals surface area contributed by atoms with Gasteiger partial charge in [0, 0.05) is 30.1 Å². The minimum atomic E-state index is -3.92. The molecular formula is C19H13ClN4O4S. The van der Waals surface area contributed by atoms with E-state index in [0.29, 0.717) is 5.56 Å². The summed E-state index contributed by atoms with van der Waals surface area (Å²) in [6, 6.07) is 10.0. The van der Waals surface area contributed by atoms with E-state index in [9.17, 15) is 18.0 Å². The number of fused-ring (bicyclic) bond motifs is 2. The quantitative estimate of drug-likeness (QED) is 0.618. The van der Waals surface area contributed by atoms with Crippen molar-refractivity contribution < 1.29 is 18.0 Å². The molecule has 0 saturated heterocycles. The van der Waals surface area contributed by atoms with E-state index in [1.807, 2.05) is 0 Å².